The minimum Gasteiger partial charge on any atom is -0.370 e. The van der Waals surface area contributed by atoms with Gasteiger partial charge in [0.05, 0.1) is 38.9 Å². The molecule has 0 unspecified atom stereocenters. The summed E-state index contributed by atoms with van der Waals surface area (Å²) in [5.41, 5.74) is 7.50. The van der Waals surface area contributed by atoms with Gasteiger partial charge in [0.1, 0.15) is 18.8 Å². The number of hydrogen-bond donors (Lipinski definition) is 3. The van der Waals surface area contributed by atoms with E-state index in [9.17, 15) is 0 Å². The monoisotopic (exact) mass is 331 g/mol. The molecule has 1 fully saturated rings. The Balaban J connectivity index is 1.53. The molecule has 2 aromatic heterocycles. The molecule has 0 spiro atoms. The van der Waals surface area contributed by atoms with Gasteiger partial charge in [0.2, 0.25) is 0 Å². The predicted molar refractivity (Wildman–Crippen MR) is 95.1 cm³/mol. The number of nitrogen functional groups attached to an aromatic ring is 1. The summed E-state index contributed by atoms with van der Waals surface area (Å²) in [6.45, 7) is 5.78. The van der Waals surface area contributed by atoms with Gasteiger partial charge in [0, 0.05) is 5.69 Å². The Labute approximate surface area is 142 Å². The standard InChI is InChI=1S/C17H27N6O/c1-23(9-11-24-12-10-23)8-7-19-17-16(20-18)15-6-5-13-3-2-4-14(13)22(15)21-17/h5-6,20H,2-4,7-12,18H2,1H3,(H,19,21)/q+1. The number of ether oxygens (including phenoxy) is 1. The summed E-state index contributed by atoms with van der Waals surface area (Å²) < 4.78 is 8.57. The molecule has 0 saturated carbocycles. The van der Waals surface area contributed by atoms with Gasteiger partial charge in [-0.1, -0.05) is 6.07 Å². The Morgan fingerprint density at radius 1 is 1.29 bits per heavy atom. The van der Waals surface area contributed by atoms with Gasteiger partial charge in [-0.15, -0.1) is 5.10 Å². The number of pyridine rings is 1. The van der Waals surface area contributed by atoms with Gasteiger partial charge in [-0.25, -0.2) is 4.52 Å². The van der Waals surface area contributed by atoms with Crippen LogP contribution in [0.3, 0.4) is 0 Å². The Morgan fingerprint density at radius 2 is 2.12 bits per heavy atom. The van der Waals surface area contributed by atoms with Crippen molar-refractivity contribution in [2.75, 3.05) is 57.2 Å². The third-order valence-electron chi connectivity index (χ3n) is 5.49. The highest BCUT2D eigenvalue weighted by atomic mass is 16.5. The average molecular weight is 331 g/mol. The van der Waals surface area contributed by atoms with Gasteiger partial charge in [-0.3, -0.25) is 5.84 Å². The van der Waals surface area contributed by atoms with Crippen molar-refractivity contribution in [2.45, 2.75) is 19.3 Å². The molecule has 0 radical (unpaired) electrons. The summed E-state index contributed by atoms with van der Waals surface area (Å²) in [4.78, 5) is 0. The van der Waals surface area contributed by atoms with E-state index in [0.29, 0.717) is 0 Å². The van der Waals surface area contributed by atoms with E-state index in [1.54, 1.807) is 0 Å². The molecule has 1 aliphatic heterocycles. The molecule has 1 aliphatic carbocycles. The molecule has 7 heteroatoms. The van der Waals surface area contributed by atoms with Crippen molar-refractivity contribution >= 4 is 17.0 Å². The van der Waals surface area contributed by atoms with E-state index in [1.807, 2.05) is 0 Å². The van der Waals surface area contributed by atoms with Crippen LogP contribution in [0.5, 0.6) is 0 Å². The number of nitrogens with one attached hydrogen (secondary N) is 2. The highest BCUT2D eigenvalue weighted by Crippen LogP contribution is 2.31. The molecule has 3 heterocycles. The summed E-state index contributed by atoms with van der Waals surface area (Å²) in [6.07, 6.45) is 3.45. The molecular formula is C17H27N6O+. The van der Waals surface area contributed by atoms with Crippen molar-refractivity contribution in [3.8, 4) is 0 Å². The maximum atomic E-state index is 5.78. The summed E-state index contributed by atoms with van der Waals surface area (Å²) >= 11 is 0. The smallest absolute Gasteiger partial charge is 0.174 e. The first-order chi connectivity index (χ1) is 11.7. The molecule has 1 saturated heterocycles. The molecule has 2 aromatic rings. The Morgan fingerprint density at radius 3 is 2.92 bits per heavy atom. The second-order valence-electron chi connectivity index (χ2n) is 7.15. The van der Waals surface area contributed by atoms with E-state index in [-0.39, 0.29) is 0 Å². The van der Waals surface area contributed by atoms with Crippen molar-refractivity contribution in [1.82, 2.24) is 9.61 Å². The summed E-state index contributed by atoms with van der Waals surface area (Å²) in [5, 5.41) is 8.28. The van der Waals surface area contributed by atoms with E-state index in [1.165, 1.54) is 17.7 Å². The predicted octanol–water partition coefficient (Wildman–Crippen LogP) is 0.997. The van der Waals surface area contributed by atoms with Crippen LogP contribution in [-0.4, -0.2) is 60.5 Å². The molecule has 4 N–H and O–H groups in total. The normalized spacial score (nSPS) is 19.4. The third-order valence-corrected chi connectivity index (χ3v) is 5.49. The highest BCUT2D eigenvalue weighted by Gasteiger charge is 2.25. The fourth-order valence-corrected chi connectivity index (χ4v) is 3.86. The average Bonchev–Trinajstić information content (AvgIpc) is 3.18. The third kappa shape index (κ3) is 2.72. The minimum absolute atomic E-state index is 0.845. The first-order valence-electron chi connectivity index (χ1n) is 8.85. The molecule has 4 rings (SSSR count). The van der Waals surface area contributed by atoms with Crippen LogP contribution >= 0.6 is 0 Å². The number of fused-ring (bicyclic) bond motifs is 3. The SMILES string of the molecule is C[N+]1(CCNc2nn3c4c(ccc3c2NN)CCC4)CCOCC1. The maximum absolute atomic E-state index is 5.78. The molecular weight excluding hydrogens is 304 g/mol. The number of quaternary nitrogens is 1. The van der Waals surface area contributed by atoms with Crippen LogP contribution < -0.4 is 16.6 Å². The zero-order valence-electron chi connectivity index (χ0n) is 14.3. The van der Waals surface area contributed by atoms with Crippen molar-refractivity contribution in [1.29, 1.82) is 0 Å². The van der Waals surface area contributed by atoms with Crippen LogP contribution in [0.25, 0.3) is 5.52 Å². The van der Waals surface area contributed by atoms with Crippen molar-refractivity contribution in [3.63, 3.8) is 0 Å². The zero-order valence-corrected chi connectivity index (χ0v) is 14.3. The fourth-order valence-electron chi connectivity index (χ4n) is 3.86. The lowest BCUT2D eigenvalue weighted by atomic mass is 10.2. The van der Waals surface area contributed by atoms with Crippen LogP contribution in [0, 0.1) is 0 Å². The lowest BCUT2D eigenvalue weighted by molar-refractivity contribution is -0.915. The first-order valence-corrected chi connectivity index (χ1v) is 8.85. The molecule has 0 atom stereocenters. The van der Waals surface area contributed by atoms with Crippen LogP contribution in [-0.2, 0) is 17.6 Å². The Hall–Kier alpha value is -1.83. The van der Waals surface area contributed by atoms with Crippen molar-refractivity contribution < 1.29 is 9.22 Å². The first kappa shape index (κ1) is 15.7. The largest absolute Gasteiger partial charge is 0.370 e. The van der Waals surface area contributed by atoms with Gasteiger partial charge >= 0.3 is 0 Å². The summed E-state index contributed by atoms with van der Waals surface area (Å²) in [7, 11) is 2.29. The van der Waals surface area contributed by atoms with Crippen LogP contribution in [0.4, 0.5) is 11.5 Å². The zero-order chi connectivity index (χ0) is 16.6. The second kappa shape index (κ2) is 6.23. The van der Waals surface area contributed by atoms with Crippen LogP contribution in [0.2, 0.25) is 0 Å². The minimum atomic E-state index is 0.845. The Bertz CT molecular complexity index is 734. The lowest BCUT2D eigenvalue weighted by Crippen LogP contribution is -2.53. The number of rotatable bonds is 5. The van der Waals surface area contributed by atoms with Gasteiger partial charge in [0.25, 0.3) is 0 Å². The van der Waals surface area contributed by atoms with Gasteiger partial charge < -0.3 is 20.0 Å². The number of anilines is 2. The molecule has 0 bridgehead atoms. The van der Waals surface area contributed by atoms with E-state index in [0.717, 1.165) is 73.7 Å². The molecule has 7 nitrogen and oxygen atoms in total. The van der Waals surface area contributed by atoms with Crippen molar-refractivity contribution in [2.24, 2.45) is 5.84 Å². The topological polar surface area (TPSA) is 76.6 Å². The van der Waals surface area contributed by atoms with Gasteiger partial charge in [0.15, 0.2) is 5.82 Å². The summed E-state index contributed by atoms with van der Waals surface area (Å²) in [6, 6.07) is 4.33. The molecule has 130 valence electrons. The lowest BCUT2D eigenvalue weighted by Gasteiger charge is -2.37. The highest BCUT2D eigenvalue weighted by molar-refractivity contribution is 5.83. The Kier molecular flexibility index (Phi) is 4.07. The van der Waals surface area contributed by atoms with E-state index < -0.39 is 0 Å². The molecule has 0 amide bonds. The molecule has 24 heavy (non-hydrogen) atoms. The molecule has 2 aliphatic rings. The number of hydrogen-bond acceptors (Lipinski definition) is 5. The van der Waals surface area contributed by atoms with Crippen molar-refractivity contribution in [3.05, 3.63) is 23.4 Å². The fraction of sp³-hybridized carbons (Fsp3) is 0.588. The number of nitrogens with zero attached hydrogens (tertiary/aromatic N) is 3. The number of hydrazine groups is 1. The number of morpholine rings is 1. The van der Waals surface area contributed by atoms with Crippen LogP contribution in [0.15, 0.2) is 12.1 Å². The van der Waals surface area contributed by atoms with E-state index >= 15 is 0 Å². The number of aryl methyl sites for hydroxylation is 2. The number of aromatic nitrogens is 2. The second-order valence-corrected chi connectivity index (χ2v) is 7.15. The quantitative estimate of drug-likeness (QED) is 0.433. The van der Waals surface area contributed by atoms with E-state index in [4.69, 9.17) is 15.7 Å². The van der Waals surface area contributed by atoms with E-state index in [2.05, 4.69) is 34.4 Å². The van der Waals surface area contributed by atoms with Gasteiger partial charge in [-0.2, -0.15) is 0 Å². The molecule has 0 aromatic carbocycles. The number of likely N-dealkylation sites (N-methyl/N-ethyl adjacent to an activating group) is 1. The van der Waals surface area contributed by atoms with Crippen LogP contribution in [0.1, 0.15) is 17.7 Å². The summed E-state index contributed by atoms with van der Waals surface area (Å²) in [5.74, 6) is 6.63. The van der Waals surface area contributed by atoms with Gasteiger partial charge in [-0.05, 0) is 30.9 Å². The number of nitrogens with two attached hydrogens (primary N) is 1. The maximum Gasteiger partial charge on any atom is 0.174 e.